The number of piperazine rings is 1. The van der Waals surface area contributed by atoms with Crippen LogP contribution >= 0.6 is 0 Å². The maximum Gasteiger partial charge on any atom is 0.138 e. The largest absolute Gasteiger partial charge is 0.489 e. The lowest BCUT2D eigenvalue weighted by Crippen LogP contribution is -2.46. The molecule has 0 unspecified atom stereocenters. The summed E-state index contributed by atoms with van der Waals surface area (Å²) in [4.78, 5) is 9.53. The van der Waals surface area contributed by atoms with Crippen LogP contribution in [0.1, 0.15) is 32.8 Å². The fourth-order valence-electron chi connectivity index (χ4n) is 3.99. The molecule has 0 aromatic carbocycles. The van der Waals surface area contributed by atoms with Crippen molar-refractivity contribution >= 4 is 11.3 Å². The zero-order valence-electron chi connectivity index (χ0n) is 19.0. The minimum atomic E-state index is -0.957. The van der Waals surface area contributed by atoms with Gasteiger partial charge in [0.1, 0.15) is 24.2 Å². The first-order valence-electron chi connectivity index (χ1n) is 11.1. The van der Waals surface area contributed by atoms with Crippen LogP contribution in [-0.2, 0) is 0 Å². The topological polar surface area (TPSA) is 89.9 Å². The Morgan fingerprint density at radius 3 is 2.59 bits per heavy atom. The number of nitriles is 1. The Balaban J connectivity index is 1.62. The normalized spacial score (nSPS) is 15.2. The Morgan fingerprint density at radius 1 is 1.19 bits per heavy atom. The van der Waals surface area contributed by atoms with Gasteiger partial charge in [0.25, 0.3) is 0 Å². The maximum absolute atomic E-state index is 10.0. The molecule has 0 bridgehead atoms. The monoisotopic (exact) mass is 434 g/mol. The number of ether oxygens (including phenoxy) is 1. The van der Waals surface area contributed by atoms with E-state index in [0.717, 1.165) is 49.7 Å². The molecule has 8 heteroatoms. The van der Waals surface area contributed by atoms with Crippen molar-refractivity contribution in [3.8, 4) is 22.9 Å². The number of rotatable bonds is 7. The number of fused-ring (bicyclic) bond motifs is 1. The first kappa shape index (κ1) is 22.1. The molecule has 0 atom stereocenters. The highest BCUT2D eigenvalue weighted by molar-refractivity contribution is 5.85. The summed E-state index contributed by atoms with van der Waals surface area (Å²) in [6.07, 6.45) is 6.30. The van der Waals surface area contributed by atoms with Crippen molar-refractivity contribution < 1.29 is 9.84 Å². The summed E-state index contributed by atoms with van der Waals surface area (Å²) in [7, 11) is 0. The minimum Gasteiger partial charge on any atom is -0.489 e. The molecule has 3 aromatic rings. The molecule has 1 saturated heterocycles. The van der Waals surface area contributed by atoms with Crippen molar-refractivity contribution in [3.63, 3.8) is 0 Å². The molecule has 8 nitrogen and oxygen atoms in total. The molecule has 4 heterocycles. The van der Waals surface area contributed by atoms with Crippen LogP contribution in [-0.4, -0.2) is 69.5 Å². The summed E-state index contributed by atoms with van der Waals surface area (Å²) in [6.45, 7) is 10.9. The van der Waals surface area contributed by atoms with Gasteiger partial charge in [-0.3, -0.25) is 4.90 Å². The predicted molar refractivity (Wildman–Crippen MR) is 124 cm³/mol. The van der Waals surface area contributed by atoms with Crippen LogP contribution in [0.3, 0.4) is 0 Å². The van der Waals surface area contributed by atoms with Gasteiger partial charge in [0.05, 0.1) is 29.1 Å². The van der Waals surface area contributed by atoms with Crippen molar-refractivity contribution in [1.82, 2.24) is 19.5 Å². The number of aromatic nitrogens is 3. The van der Waals surface area contributed by atoms with Crippen LogP contribution in [0.15, 0.2) is 36.8 Å². The molecule has 0 radical (unpaired) electrons. The molecule has 0 amide bonds. The van der Waals surface area contributed by atoms with Crippen LogP contribution in [0.25, 0.3) is 16.6 Å². The third-order valence-electron chi connectivity index (χ3n) is 5.59. The summed E-state index contributed by atoms with van der Waals surface area (Å²) in [5.74, 6) is 1.53. The second-order valence-corrected chi connectivity index (χ2v) is 8.89. The van der Waals surface area contributed by atoms with Gasteiger partial charge in [0.2, 0.25) is 0 Å². The summed E-state index contributed by atoms with van der Waals surface area (Å²) in [5.41, 5.74) is 1.95. The molecule has 0 saturated carbocycles. The lowest BCUT2D eigenvalue weighted by molar-refractivity contribution is 0.0283. The van der Waals surface area contributed by atoms with Gasteiger partial charge in [-0.25, -0.2) is 9.50 Å². The first-order chi connectivity index (χ1) is 15.4. The summed E-state index contributed by atoms with van der Waals surface area (Å²) in [5, 5.41) is 23.9. The average molecular weight is 435 g/mol. The third-order valence-corrected chi connectivity index (χ3v) is 5.59. The van der Waals surface area contributed by atoms with Gasteiger partial charge in [-0.2, -0.15) is 10.4 Å². The second-order valence-electron chi connectivity index (χ2n) is 8.89. The Morgan fingerprint density at radius 2 is 1.97 bits per heavy atom. The Labute approximate surface area is 188 Å². The number of pyridine rings is 2. The van der Waals surface area contributed by atoms with E-state index in [-0.39, 0.29) is 6.61 Å². The average Bonchev–Trinajstić information content (AvgIpc) is 3.21. The van der Waals surface area contributed by atoms with Crippen molar-refractivity contribution in [2.45, 2.75) is 32.8 Å². The van der Waals surface area contributed by atoms with Gasteiger partial charge in [-0.05, 0) is 45.0 Å². The number of nitrogens with zero attached hydrogens (tertiary/aromatic N) is 6. The molecular weight excluding hydrogens is 404 g/mol. The van der Waals surface area contributed by atoms with Crippen LogP contribution in [0.4, 0.5) is 5.82 Å². The molecule has 3 aromatic heterocycles. The summed E-state index contributed by atoms with van der Waals surface area (Å²) < 4.78 is 7.45. The molecule has 1 N–H and O–H groups in total. The molecule has 1 fully saturated rings. The van der Waals surface area contributed by atoms with Gasteiger partial charge in [0, 0.05) is 43.5 Å². The van der Waals surface area contributed by atoms with Crippen molar-refractivity contribution in [3.05, 3.63) is 42.4 Å². The number of anilines is 1. The zero-order valence-corrected chi connectivity index (χ0v) is 19.0. The van der Waals surface area contributed by atoms with E-state index in [4.69, 9.17) is 9.72 Å². The fourth-order valence-corrected chi connectivity index (χ4v) is 3.99. The van der Waals surface area contributed by atoms with Crippen molar-refractivity contribution in [2.75, 3.05) is 44.2 Å². The molecule has 168 valence electrons. The van der Waals surface area contributed by atoms with E-state index < -0.39 is 5.60 Å². The van der Waals surface area contributed by atoms with Gasteiger partial charge in [0.15, 0.2) is 0 Å². The summed E-state index contributed by atoms with van der Waals surface area (Å²) >= 11 is 0. The molecule has 0 aliphatic carbocycles. The van der Waals surface area contributed by atoms with Crippen LogP contribution in [0.5, 0.6) is 5.75 Å². The second kappa shape index (κ2) is 9.15. The Bertz CT molecular complexity index is 1100. The highest BCUT2D eigenvalue weighted by Gasteiger charge is 2.19. The SMILES string of the molecule is CCCN1CCN(c2ccc(-c3cc(OCC(C)(C)O)cn4ncc(C#N)c34)cn2)CC1. The van der Waals surface area contributed by atoms with Crippen LogP contribution in [0, 0.1) is 11.3 Å². The van der Waals surface area contributed by atoms with E-state index in [1.807, 2.05) is 24.4 Å². The van der Waals surface area contributed by atoms with Gasteiger partial charge >= 0.3 is 0 Å². The van der Waals surface area contributed by atoms with Crippen LogP contribution in [0.2, 0.25) is 0 Å². The highest BCUT2D eigenvalue weighted by atomic mass is 16.5. The van der Waals surface area contributed by atoms with E-state index in [2.05, 4.69) is 27.9 Å². The van der Waals surface area contributed by atoms with E-state index in [1.54, 1.807) is 30.8 Å². The highest BCUT2D eigenvalue weighted by Crippen LogP contribution is 2.31. The van der Waals surface area contributed by atoms with E-state index >= 15 is 0 Å². The third kappa shape index (κ3) is 4.85. The van der Waals surface area contributed by atoms with E-state index in [1.165, 1.54) is 6.42 Å². The first-order valence-corrected chi connectivity index (χ1v) is 11.1. The molecule has 4 rings (SSSR count). The number of aliphatic hydroxyl groups is 1. The number of hydrogen-bond acceptors (Lipinski definition) is 7. The molecular formula is C24H30N6O2. The van der Waals surface area contributed by atoms with Crippen LogP contribution < -0.4 is 9.64 Å². The van der Waals surface area contributed by atoms with Crippen molar-refractivity contribution in [1.29, 1.82) is 5.26 Å². The smallest absolute Gasteiger partial charge is 0.138 e. The van der Waals surface area contributed by atoms with E-state index in [9.17, 15) is 10.4 Å². The van der Waals surface area contributed by atoms with E-state index in [0.29, 0.717) is 16.8 Å². The molecule has 0 spiro atoms. The minimum absolute atomic E-state index is 0.144. The van der Waals surface area contributed by atoms with Gasteiger partial charge in [-0.15, -0.1) is 0 Å². The fraction of sp³-hybridized carbons (Fsp3) is 0.458. The molecule has 1 aliphatic heterocycles. The standard InChI is InChI=1S/C24H30N6O2/c1-4-7-28-8-10-29(11-9-28)22-6-5-18(14-26-22)21-12-20(32-17-24(2,3)31)16-30-23(21)19(13-25)15-27-30/h5-6,12,14-16,31H,4,7-11,17H2,1-3H3. The lowest BCUT2D eigenvalue weighted by Gasteiger charge is -2.35. The molecule has 32 heavy (non-hydrogen) atoms. The van der Waals surface area contributed by atoms with Gasteiger partial charge < -0.3 is 14.7 Å². The summed E-state index contributed by atoms with van der Waals surface area (Å²) in [6, 6.07) is 8.16. The zero-order chi connectivity index (χ0) is 22.7. The van der Waals surface area contributed by atoms with Crippen molar-refractivity contribution in [2.24, 2.45) is 0 Å². The van der Waals surface area contributed by atoms with Gasteiger partial charge in [-0.1, -0.05) is 6.92 Å². The Hall–Kier alpha value is -3.15. The maximum atomic E-state index is 10.0. The quantitative estimate of drug-likeness (QED) is 0.611. The Kier molecular flexibility index (Phi) is 6.31. The number of hydrogen-bond donors (Lipinski definition) is 1. The lowest BCUT2D eigenvalue weighted by atomic mass is 10.1. The predicted octanol–water partition coefficient (Wildman–Crippen LogP) is 2.95. The molecule has 1 aliphatic rings.